The number of halogens is 1. The number of ether oxygens (including phenoxy) is 1. The fraction of sp³-hybridized carbons (Fsp3) is 0.611. The van der Waals surface area contributed by atoms with E-state index in [1.165, 1.54) is 12.8 Å². The third-order valence-electron chi connectivity index (χ3n) is 5.27. The molecular formula is C18H25ClN4O. The van der Waals surface area contributed by atoms with Crippen LogP contribution in [0.15, 0.2) is 24.5 Å². The highest BCUT2D eigenvalue weighted by atomic mass is 35.5. The van der Waals surface area contributed by atoms with Gasteiger partial charge in [0.2, 0.25) is 0 Å². The quantitative estimate of drug-likeness (QED) is 0.926. The number of fused-ring (bicyclic) bond motifs is 1. The largest absolute Gasteiger partial charge is 0.378 e. The highest BCUT2D eigenvalue weighted by Crippen LogP contribution is 2.28. The molecule has 0 amide bonds. The van der Waals surface area contributed by atoms with E-state index in [0.717, 1.165) is 55.4 Å². The van der Waals surface area contributed by atoms with Crippen molar-refractivity contribution in [3.8, 4) is 0 Å². The van der Waals surface area contributed by atoms with Gasteiger partial charge in [-0.25, -0.2) is 4.98 Å². The summed E-state index contributed by atoms with van der Waals surface area (Å²) in [6.07, 6.45) is 8.79. The van der Waals surface area contributed by atoms with Crippen molar-refractivity contribution >= 4 is 17.2 Å². The van der Waals surface area contributed by atoms with Crippen LogP contribution < -0.4 is 5.73 Å². The molecule has 3 unspecified atom stereocenters. The number of aromatic nitrogens is 2. The molecular weight excluding hydrogens is 324 g/mol. The number of nitrogens with zero attached hydrogens (tertiary/aromatic N) is 3. The molecule has 0 bridgehead atoms. The van der Waals surface area contributed by atoms with Crippen LogP contribution in [0, 0.1) is 5.92 Å². The summed E-state index contributed by atoms with van der Waals surface area (Å²) in [6, 6.07) is 4.15. The van der Waals surface area contributed by atoms with Crippen LogP contribution in [0.3, 0.4) is 0 Å². The molecule has 0 radical (unpaired) electrons. The Kier molecular flexibility index (Phi) is 4.77. The Hall–Kier alpha value is -1.14. The molecule has 2 aliphatic heterocycles. The fourth-order valence-corrected chi connectivity index (χ4v) is 4.21. The smallest absolute Gasteiger partial charge is 0.137 e. The second kappa shape index (κ2) is 7.00. The number of piperidine rings is 1. The molecule has 0 aromatic carbocycles. The van der Waals surface area contributed by atoms with Gasteiger partial charge in [0.1, 0.15) is 5.65 Å². The zero-order chi connectivity index (χ0) is 16.5. The number of likely N-dealkylation sites (tertiary alicyclic amines) is 1. The molecule has 5 nitrogen and oxygen atoms in total. The molecule has 2 aromatic rings. The van der Waals surface area contributed by atoms with Crippen LogP contribution in [0.4, 0.5) is 0 Å². The van der Waals surface area contributed by atoms with Crippen molar-refractivity contribution < 1.29 is 4.74 Å². The lowest BCUT2D eigenvalue weighted by atomic mass is 9.87. The predicted octanol–water partition coefficient (Wildman–Crippen LogP) is 2.71. The van der Waals surface area contributed by atoms with Crippen molar-refractivity contribution in [1.29, 1.82) is 0 Å². The Bertz CT molecular complexity index is 703. The molecule has 4 heterocycles. The van der Waals surface area contributed by atoms with Crippen LogP contribution in [0.1, 0.15) is 31.4 Å². The maximum absolute atomic E-state index is 6.13. The van der Waals surface area contributed by atoms with E-state index in [1.54, 1.807) is 0 Å². The Morgan fingerprint density at radius 2 is 2.21 bits per heavy atom. The van der Waals surface area contributed by atoms with E-state index in [0.29, 0.717) is 18.1 Å². The molecule has 0 aliphatic carbocycles. The first-order valence-electron chi connectivity index (χ1n) is 8.90. The van der Waals surface area contributed by atoms with E-state index in [1.807, 2.05) is 22.7 Å². The molecule has 2 saturated heterocycles. The van der Waals surface area contributed by atoms with Gasteiger partial charge in [0, 0.05) is 38.1 Å². The van der Waals surface area contributed by atoms with Crippen molar-refractivity contribution in [2.75, 3.05) is 19.7 Å². The van der Waals surface area contributed by atoms with E-state index in [-0.39, 0.29) is 0 Å². The molecule has 3 atom stereocenters. The second-order valence-electron chi connectivity index (χ2n) is 7.18. The van der Waals surface area contributed by atoms with Gasteiger partial charge in [-0.2, -0.15) is 0 Å². The van der Waals surface area contributed by atoms with Crippen LogP contribution in [0.2, 0.25) is 5.02 Å². The lowest BCUT2D eigenvalue weighted by Crippen LogP contribution is -2.45. The fourth-order valence-electron chi connectivity index (χ4n) is 4.04. The molecule has 4 rings (SSSR count). The summed E-state index contributed by atoms with van der Waals surface area (Å²) in [5.74, 6) is 0.594. The van der Waals surface area contributed by atoms with Gasteiger partial charge in [-0.1, -0.05) is 11.6 Å². The Morgan fingerprint density at radius 1 is 1.29 bits per heavy atom. The lowest BCUT2D eigenvalue weighted by molar-refractivity contribution is -0.0478. The number of pyridine rings is 1. The summed E-state index contributed by atoms with van der Waals surface area (Å²) in [5.41, 5.74) is 8.17. The van der Waals surface area contributed by atoms with Gasteiger partial charge in [-0.3, -0.25) is 4.90 Å². The zero-order valence-electron chi connectivity index (χ0n) is 13.9. The van der Waals surface area contributed by atoms with E-state index in [2.05, 4.69) is 11.1 Å². The van der Waals surface area contributed by atoms with Crippen molar-refractivity contribution in [2.24, 2.45) is 11.7 Å². The maximum Gasteiger partial charge on any atom is 0.137 e. The summed E-state index contributed by atoms with van der Waals surface area (Å²) >= 11 is 6.05. The zero-order valence-corrected chi connectivity index (χ0v) is 14.7. The van der Waals surface area contributed by atoms with Crippen molar-refractivity contribution in [1.82, 2.24) is 14.3 Å². The van der Waals surface area contributed by atoms with Crippen LogP contribution in [0.25, 0.3) is 5.65 Å². The van der Waals surface area contributed by atoms with Crippen LogP contribution in [-0.4, -0.2) is 46.1 Å². The Morgan fingerprint density at radius 3 is 3.08 bits per heavy atom. The summed E-state index contributed by atoms with van der Waals surface area (Å²) in [6.45, 7) is 3.90. The van der Waals surface area contributed by atoms with Crippen LogP contribution in [0.5, 0.6) is 0 Å². The monoisotopic (exact) mass is 348 g/mol. The van der Waals surface area contributed by atoms with Gasteiger partial charge in [0.05, 0.1) is 16.8 Å². The Balaban J connectivity index is 1.41. The third kappa shape index (κ3) is 3.59. The van der Waals surface area contributed by atoms with Crippen molar-refractivity contribution in [2.45, 2.75) is 44.4 Å². The summed E-state index contributed by atoms with van der Waals surface area (Å²) in [7, 11) is 0. The molecule has 130 valence electrons. The first kappa shape index (κ1) is 16.3. The molecule has 2 aliphatic rings. The molecule has 2 fully saturated rings. The number of nitrogens with two attached hydrogens (primary N) is 1. The van der Waals surface area contributed by atoms with Gasteiger partial charge in [-0.05, 0) is 50.3 Å². The molecule has 2 N–H and O–H groups in total. The molecule has 6 heteroatoms. The van der Waals surface area contributed by atoms with E-state index < -0.39 is 0 Å². The van der Waals surface area contributed by atoms with Gasteiger partial charge in [0.15, 0.2) is 0 Å². The SMILES string of the molecule is NC1CCOC(C2CCCN(Cc3cn4cc(Cl)ccc4n3)C2)C1. The summed E-state index contributed by atoms with van der Waals surface area (Å²) in [5, 5.41) is 0.732. The number of rotatable bonds is 3. The molecule has 2 aromatic heterocycles. The minimum atomic E-state index is 0.308. The van der Waals surface area contributed by atoms with Crippen molar-refractivity contribution in [3.05, 3.63) is 35.2 Å². The minimum Gasteiger partial charge on any atom is -0.378 e. The lowest BCUT2D eigenvalue weighted by Gasteiger charge is -2.39. The summed E-state index contributed by atoms with van der Waals surface area (Å²) in [4.78, 5) is 7.21. The molecule has 0 spiro atoms. The number of hydrogen-bond donors (Lipinski definition) is 1. The molecule has 0 saturated carbocycles. The Labute approximate surface area is 147 Å². The maximum atomic E-state index is 6.13. The first-order valence-corrected chi connectivity index (χ1v) is 9.28. The normalized spacial score (nSPS) is 29.2. The van der Waals surface area contributed by atoms with Gasteiger partial charge >= 0.3 is 0 Å². The van der Waals surface area contributed by atoms with Gasteiger partial charge in [-0.15, -0.1) is 0 Å². The predicted molar refractivity (Wildman–Crippen MR) is 95.2 cm³/mol. The van der Waals surface area contributed by atoms with E-state index >= 15 is 0 Å². The average Bonchev–Trinajstić information content (AvgIpc) is 2.96. The number of imidazole rings is 1. The second-order valence-corrected chi connectivity index (χ2v) is 7.61. The van der Waals surface area contributed by atoms with Crippen LogP contribution in [-0.2, 0) is 11.3 Å². The van der Waals surface area contributed by atoms with Crippen molar-refractivity contribution in [3.63, 3.8) is 0 Å². The number of hydrogen-bond acceptors (Lipinski definition) is 4. The minimum absolute atomic E-state index is 0.308. The van der Waals surface area contributed by atoms with Gasteiger partial charge < -0.3 is 14.9 Å². The summed E-state index contributed by atoms with van der Waals surface area (Å²) < 4.78 is 8.01. The van der Waals surface area contributed by atoms with E-state index in [9.17, 15) is 0 Å². The highest BCUT2D eigenvalue weighted by molar-refractivity contribution is 6.30. The van der Waals surface area contributed by atoms with Gasteiger partial charge in [0.25, 0.3) is 0 Å². The van der Waals surface area contributed by atoms with Crippen LogP contribution >= 0.6 is 11.6 Å². The highest BCUT2D eigenvalue weighted by Gasteiger charge is 2.31. The third-order valence-corrected chi connectivity index (χ3v) is 5.50. The molecule has 24 heavy (non-hydrogen) atoms. The average molecular weight is 349 g/mol. The standard InChI is InChI=1S/C18H25ClN4O/c19-14-3-4-18-21-16(12-23(18)10-14)11-22-6-1-2-13(9-22)17-8-15(20)5-7-24-17/h3-4,10,12-13,15,17H,1-2,5-9,11,20H2. The first-order chi connectivity index (χ1) is 11.7. The topological polar surface area (TPSA) is 55.8 Å². The van der Waals surface area contributed by atoms with E-state index in [4.69, 9.17) is 27.1 Å².